The van der Waals surface area contributed by atoms with Crippen LogP contribution in [0.4, 0.5) is 10.5 Å². The minimum absolute atomic E-state index is 0.334. The normalized spacial score (nSPS) is 9.56. The maximum Gasteiger partial charge on any atom is 0.326 e. The van der Waals surface area contributed by atoms with Crippen molar-refractivity contribution < 1.29 is 9.59 Å². The fourth-order valence-electron chi connectivity index (χ4n) is 1.36. The topological polar surface area (TPSA) is 71.1 Å². The summed E-state index contributed by atoms with van der Waals surface area (Å²) in [5, 5.41) is 4.77. The van der Waals surface area contributed by atoms with E-state index in [0.717, 1.165) is 0 Å². The van der Waals surface area contributed by atoms with Crippen molar-refractivity contribution in [3.05, 3.63) is 60.4 Å². The lowest BCUT2D eigenvalue weighted by Crippen LogP contribution is -2.34. The molecule has 18 heavy (non-hydrogen) atoms. The molecule has 1 aromatic heterocycles. The molecule has 0 fully saturated rings. The predicted molar refractivity (Wildman–Crippen MR) is 67.2 cm³/mol. The lowest BCUT2D eigenvalue weighted by molar-refractivity contribution is 0.0967. The van der Waals surface area contributed by atoms with E-state index in [1.54, 1.807) is 42.6 Å². The smallest absolute Gasteiger partial charge is 0.308 e. The van der Waals surface area contributed by atoms with Gasteiger partial charge in [0.05, 0.1) is 5.56 Å². The molecule has 0 saturated heterocycles. The lowest BCUT2D eigenvalue weighted by Gasteiger charge is -2.06. The van der Waals surface area contributed by atoms with Gasteiger partial charge in [0.2, 0.25) is 0 Å². The third-order valence-electron chi connectivity index (χ3n) is 2.18. The number of amides is 3. The molecule has 0 aliphatic heterocycles. The highest BCUT2D eigenvalue weighted by molar-refractivity contribution is 6.07. The van der Waals surface area contributed by atoms with Crippen LogP contribution in [0.2, 0.25) is 0 Å². The van der Waals surface area contributed by atoms with Gasteiger partial charge in [0, 0.05) is 18.1 Å². The van der Waals surface area contributed by atoms with E-state index in [1.165, 1.54) is 6.20 Å². The van der Waals surface area contributed by atoms with Crippen LogP contribution in [0.25, 0.3) is 0 Å². The zero-order valence-electron chi connectivity index (χ0n) is 9.46. The molecular weight excluding hydrogens is 230 g/mol. The third-order valence-corrected chi connectivity index (χ3v) is 2.18. The summed E-state index contributed by atoms with van der Waals surface area (Å²) >= 11 is 0. The van der Waals surface area contributed by atoms with Crippen LogP contribution >= 0.6 is 0 Å². The third kappa shape index (κ3) is 3.15. The number of carbonyl (C=O) groups is 2. The van der Waals surface area contributed by atoms with Crippen molar-refractivity contribution in [2.75, 3.05) is 5.32 Å². The number of aromatic nitrogens is 1. The highest BCUT2D eigenvalue weighted by atomic mass is 16.2. The van der Waals surface area contributed by atoms with E-state index in [-0.39, 0.29) is 0 Å². The number of hydrogen-bond donors (Lipinski definition) is 2. The van der Waals surface area contributed by atoms with Gasteiger partial charge in [-0.3, -0.25) is 15.1 Å². The van der Waals surface area contributed by atoms with E-state index < -0.39 is 11.9 Å². The molecule has 2 rings (SSSR count). The zero-order chi connectivity index (χ0) is 12.8. The van der Waals surface area contributed by atoms with Crippen LogP contribution in [0.15, 0.2) is 54.9 Å². The second-order valence-electron chi connectivity index (χ2n) is 3.52. The Labute approximate surface area is 104 Å². The Morgan fingerprint density at radius 1 is 1.00 bits per heavy atom. The molecular formula is C13H11N3O2. The van der Waals surface area contributed by atoms with Crippen molar-refractivity contribution >= 4 is 17.6 Å². The maximum atomic E-state index is 11.6. The predicted octanol–water partition coefficient (Wildman–Crippen LogP) is 2.04. The van der Waals surface area contributed by atoms with Crippen LogP contribution in [0.3, 0.4) is 0 Å². The molecule has 0 saturated carbocycles. The van der Waals surface area contributed by atoms with Gasteiger partial charge in [-0.15, -0.1) is 0 Å². The highest BCUT2D eigenvalue weighted by Gasteiger charge is 2.09. The number of carbonyl (C=O) groups excluding carboxylic acids is 2. The lowest BCUT2D eigenvalue weighted by atomic mass is 10.3. The summed E-state index contributed by atoms with van der Waals surface area (Å²) in [7, 11) is 0. The van der Waals surface area contributed by atoms with E-state index in [4.69, 9.17) is 0 Å². The minimum atomic E-state index is -0.574. The molecule has 0 bridgehead atoms. The highest BCUT2D eigenvalue weighted by Crippen LogP contribution is 2.04. The Bertz CT molecular complexity index is 541. The number of nitrogens with one attached hydrogen (secondary N) is 2. The molecule has 0 atom stereocenters. The van der Waals surface area contributed by atoms with Gasteiger partial charge in [-0.1, -0.05) is 18.2 Å². The van der Waals surface area contributed by atoms with Gasteiger partial charge in [0.1, 0.15) is 0 Å². The molecule has 3 amide bonds. The van der Waals surface area contributed by atoms with Crippen molar-refractivity contribution in [3.63, 3.8) is 0 Å². The number of nitrogens with zero attached hydrogens (tertiary/aromatic N) is 1. The molecule has 2 N–H and O–H groups in total. The summed E-state index contributed by atoms with van der Waals surface area (Å²) in [4.78, 5) is 27.0. The Morgan fingerprint density at radius 2 is 1.78 bits per heavy atom. The second-order valence-corrected chi connectivity index (χ2v) is 3.52. The molecule has 0 unspecified atom stereocenters. The van der Waals surface area contributed by atoms with Crippen molar-refractivity contribution in [1.82, 2.24) is 10.3 Å². The fraction of sp³-hybridized carbons (Fsp3) is 0. The van der Waals surface area contributed by atoms with Gasteiger partial charge in [0.25, 0.3) is 5.91 Å². The SMILES string of the molecule is O=C(NC(=O)c1cccnc1)Nc1ccccc1. The first-order valence-electron chi connectivity index (χ1n) is 5.33. The van der Waals surface area contributed by atoms with Crippen LogP contribution in [0, 0.1) is 0 Å². The standard InChI is InChI=1S/C13H11N3O2/c17-12(10-5-4-8-14-9-10)16-13(18)15-11-6-2-1-3-7-11/h1-9H,(H2,15,16,17,18). The van der Waals surface area contributed by atoms with Crippen LogP contribution < -0.4 is 10.6 Å². The Kier molecular flexibility index (Phi) is 3.66. The van der Waals surface area contributed by atoms with Gasteiger partial charge in [-0.25, -0.2) is 4.79 Å². The average Bonchev–Trinajstić information content (AvgIpc) is 2.40. The number of rotatable bonds is 2. The van der Waals surface area contributed by atoms with Crippen molar-refractivity contribution in [2.24, 2.45) is 0 Å². The van der Waals surface area contributed by atoms with Gasteiger partial charge < -0.3 is 5.32 Å². The molecule has 90 valence electrons. The number of anilines is 1. The number of benzene rings is 1. The Hall–Kier alpha value is -2.69. The molecule has 0 aliphatic carbocycles. The summed E-state index contributed by atoms with van der Waals surface area (Å²) in [6.45, 7) is 0. The summed E-state index contributed by atoms with van der Waals surface area (Å²) in [5.74, 6) is -0.489. The summed E-state index contributed by atoms with van der Waals surface area (Å²) in [6, 6.07) is 11.5. The molecule has 1 aromatic carbocycles. The molecule has 0 aliphatic rings. The first-order valence-corrected chi connectivity index (χ1v) is 5.33. The minimum Gasteiger partial charge on any atom is -0.308 e. The van der Waals surface area contributed by atoms with Crippen LogP contribution in [0.1, 0.15) is 10.4 Å². The number of imide groups is 1. The van der Waals surface area contributed by atoms with Crippen LogP contribution in [-0.4, -0.2) is 16.9 Å². The number of urea groups is 1. The summed E-state index contributed by atoms with van der Waals surface area (Å²) in [5.41, 5.74) is 0.953. The van der Waals surface area contributed by atoms with E-state index in [0.29, 0.717) is 11.3 Å². The van der Waals surface area contributed by atoms with E-state index in [1.807, 2.05) is 6.07 Å². The fourth-order valence-corrected chi connectivity index (χ4v) is 1.36. The van der Waals surface area contributed by atoms with Crippen molar-refractivity contribution in [1.29, 1.82) is 0 Å². The first-order chi connectivity index (χ1) is 8.75. The zero-order valence-corrected chi connectivity index (χ0v) is 9.46. The van der Waals surface area contributed by atoms with Crippen LogP contribution in [0.5, 0.6) is 0 Å². The summed E-state index contributed by atoms with van der Waals surface area (Å²) < 4.78 is 0. The van der Waals surface area contributed by atoms with Gasteiger partial charge in [-0.05, 0) is 24.3 Å². The van der Waals surface area contributed by atoms with E-state index in [9.17, 15) is 9.59 Å². The van der Waals surface area contributed by atoms with Crippen molar-refractivity contribution in [2.45, 2.75) is 0 Å². The molecule has 5 nitrogen and oxygen atoms in total. The van der Waals surface area contributed by atoms with E-state index >= 15 is 0 Å². The van der Waals surface area contributed by atoms with Gasteiger partial charge in [0.15, 0.2) is 0 Å². The van der Waals surface area contributed by atoms with E-state index in [2.05, 4.69) is 15.6 Å². The van der Waals surface area contributed by atoms with Gasteiger partial charge in [-0.2, -0.15) is 0 Å². The first kappa shape index (κ1) is 11.8. The Morgan fingerprint density at radius 3 is 2.44 bits per heavy atom. The number of pyridine rings is 1. The summed E-state index contributed by atoms with van der Waals surface area (Å²) in [6.07, 6.45) is 2.95. The molecule has 0 radical (unpaired) electrons. The average molecular weight is 241 g/mol. The monoisotopic (exact) mass is 241 g/mol. The molecule has 2 aromatic rings. The second kappa shape index (κ2) is 5.58. The maximum absolute atomic E-state index is 11.6. The molecule has 5 heteroatoms. The van der Waals surface area contributed by atoms with Gasteiger partial charge >= 0.3 is 6.03 Å². The number of para-hydroxylation sites is 1. The van der Waals surface area contributed by atoms with Crippen LogP contribution in [-0.2, 0) is 0 Å². The molecule has 0 spiro atoms. The van der Waals surface area contributed by atoms with Crippen molar-refractivity contribution in [3.8, 4) is 0 Å². The number of hydrogen-bond acceptors (Lipinski definition) is 3. The quantitative estimate of drug-likeness (QED) is 0.845. The Balaban J connectivity index is 1.94. The molecule has 1 heterocycles. The largest absolute Gasteiger partial charge is 0.326 e.